The van der Waals surface area contributed by atoms with E-state index in [4.69, 9.17) is 9.47 Å². The van der Waals surface area contributed by atoms with Crippen LogP contribution in [0.4, 0.5) is 0 Å². The maximum Gasteiger partial charge on any atom is 0.161 e. The summed E-state index contributed by atoms with van der Waals surface area (Å²) >= 11 is 4.34. The normalized spacial score (nSPS) is 12.6. The van der Waals surface area contributed by atoms with Crippen LogP contribution in [0.3, 0.4) is 0 Å². The molecule has 0 bridgehead atoms. The summed E-state index contributed by atoms with van der Waals surface area (Å²) in [4.78, 5) is 2.21. The average Bonchev–Trinajstić information content (AvgIpc) is 2.35. The van der Waals surface area contributed by atoms with Crippen molar-refractivity contribution in [3.8, 4) is 11.5 Å². The highest BCUT2D eigenvalue weighted by atomic mass is 32.1. The van der Waals surface area contributed by atoms with Crippen LogP contribution in [0.5, 0.6) is 11.5 Å². The Kier molecular flexibility index (Phi) is 5.82. The second-order valence-corrected chi connectivity index (χ2v) is 5.00. The van der Waals surface area contributed by atoms with Crippen molar-refractivity contribution >= 4 is 12.6 Å². The summed E-state index contributed by atoms with van der Waals surface area (Å²) < 4.78 is 10.7. The van der Waals surface area contributed by atoms with Gasteiger partial charge in [-0.05, 0) is 56.5 Å². The molecule has 3 nitrogen and oxygen atoms in total. The molecule has 1 rings (SSSR count). The Bertz CT molecular complexity index is 394. The fraction of sp³-hybridized carbons (Fsp3) is 0.571. The molecule has 0 aromatic heterocycles. The Hall–Kier alpha value is -0.870. The number of hydrogen-bond acceptors (Lipinski definition) is 4. The van der Waals surface area contributed by atoms with Crippen molar-refractivity contribution in [2.45, 2.75) is 19.4 Å². The largest absolute Gasteiger partial charge is 0.493 e. The highest BCUT2D eigenvalue weighted by Crippen LogP contribution is 2.35. The molecule has 4 heteroatoms. The summed E-state index contributed by atoms with van der Waals surface area (Å²) in [7, 11) is 7.50. The van der Waals surface area contributed by atoms with Crippen molar-refractivity contribution in [1.29, 1.82) is 0 Å². The quantitative estimate of drug-likeness (QED) is 0.803. The Labute approximate surface area is 115 Å². The number of nitrogens with zero attached hydrogens (tertiary/aromatic N) is 1. The summed E-state index contributed by atoms with van der Waals surface area (Å²) in [5.74, 6) is 2.42. The van der Waals surface area contributed by atoms with Crippen molar-refractivity contribution in [3.63, 3.8) is 0 Å². The second kappa shape index (κ2) is 6.90. The smallest absolute Gasteiger partial charge is 0.161 e. The van der Waals surface area contributed by atoms with E-state index in [1.54, 1.807) is 14.2 Å². The minimum atomic E-state index is 0.349. The minimum absolute atomic E-state index is 0.349. The number of benzene rings is 1. The molecular formula is C14H23NO2S. The molecule has 0 saturated heterocycles. The third kappa shape index (κ3) is 3.33. The third-order valence-electron chi connectivity index (χ3n) is 3.16. The van der Waals surface area contributed by atoms with E-state index >= 15 is 0 Å². The Morgan fingerprint density at radius 1 is 1.17 bits per heavy atom. The van der Waals surface area contributed by atoms with Gasteiger partial charge in [-0.2, -0.15) is 12.6 Å². The van der Waals surface area contributed by atoms with E-state index in [9.17, 15) is 0 Å². The van der Waals surface area contributed by atoms with Gasteiger partial charge in [0, 0.05) is 6.04 Å². The molecule has 0 amide bonds. The fourth-order valence-electron chi connectivity index (χ4n) is 2.17. The number of aryl methyl sites for hydroxylation is 1. The minimum Gasteiger partial charge on any atom is -0.493 e. The molecule has 0 fully saturated rings. The number of methoxy groups -OCH3 is 2. The van der Waals surface area contributed by atoms with E-state index in [0.29, 0.717) is 6.04 Å². The lowest BCUT2D eigenvalue weighted by Gasteiger charge is -2.26. The van der Waals surface area contributed by atoms with E-state index in [2.05, 4.69) is 44.6 Å². The van der Waals surface area contributed by atoms with Gasteiger partial charge < -0.3 is 14.4 Å². The molecule has 0 spiro atoms. The Morgan fingerprint density at radius 2 is 1.72 bits per heavy atom. The third-order valence-corrected chi connectivity index (χ3v) is 3.42. The number of thiol groups is 1. The van der Waals surface area contributed by atoms with Gasteiger partial charge >= 0.3 is 0 Å². The van der Waals surface area contributed by atoms with Crippen LogP contribution in [-0.2, 0) is 0 Å². The molecule has 1 atom stereocenters. The van der Waals surface area contributed by atoms with Crippen LogP contribution in [0.1, 0.15) is 23.6 Å². The predicted molar refractivity (Wildman–Crippen MR) is 79.2 cm³/mol. The molecule has 0 aliphatic heterocycles. The monoisotopic (exact) mass is 269 g/mol. The average molecular weight is 269 g/mol. The standard InChI is InChI=1S/C14H23NO2S/c1-10-8-13(16-4)14(17-5)9-11(10)12(6-7-18)15(2)3/h8-9,12,18H,6-7H2,1-5H3. The number of rotatable bonds is 6. The second-order valence-electron chi connectivity index (χ2n) is 4.56. The molecule has 1 aromatic rings. The Morgan fingerprint density at radius 3 is 2.17 bits per heavy atom. The summed E-state index contributed by atoms with van der Waals surface area (Å²) in [5.41, 5.74) is 2.49. The van der Waals surface area contributed by atoms with Crippen LogP contribution in [0.2, 0.25) is 0 Å². The van der Waals surface area contributed by atoms with Crippen LogP contribution < -0.4 is 9.47 Å². The van der Waals surface area contributed by atoms with E-state index in [1.807, 2.05) is 6.07 Å². The van der Waals surface area contributed by atoms with Crippen molar-refractivity contribution in [1.82, 2.24) is 4.90 Å². The Balaban J connectivity index is 3.21. The number of ether oxygens (including phenoxy) is 2. The predicted octanol–water partition coefficient (Wildman–Crippen LogP) is 2.93. The van der Waals surface area contributed by atoms with Crippen molar-refractivity contribution < 1.29 is 9.47 Å². The first-order valence-electron chi connectivity index (χ1n) is 6.05. The van der Waals surface area contributed by atoms with Gasteiger partial charge in [0.1, 0.15) is 0 Å². The molecule has 0 aliphatic rings. The number of hydrogen-bond donors (Lipinski definition) is 1. The van der Waals surface area contributed by atoms with Crippen LogP contribution in [0, 0.1) is 6.92 Å². The van der Waals surface area contributed by atoms with Gasteiger partial charge in [0.15, 0.2) is 11.5 Å². The SMILES string of the molecule is COc1cc(C)c(C(CCS)N(C)C)cc1OC. The molecule has 0 N–H and O–H groups in total. The molecule has 0 aliphatic carbocycles. The fourth-order valence-corrected chi connectivity index (χ4v) is 2.41. The molecule has 1 aromatic carbocycles. The van der Waals surface area contributed by atoms with Crippen molar-refractivity contribution in [2.75, 3.05) is 34.1 Å². The lowest BCUT2D eigenvalue weighted by molar-refractivity contribution is 0.290. The van der Waals surface area contributed by atoms with Gasteiger partial charge in [-0.15, -0.1) is 0 Å². The van der Waals surface area contributed by atoms with E-state index in [1.165, 1.54) is 11.1 Å². The maximum atomic E-state index is 5.38. The maximum absolute atomic E-state index is 5.38. The molecule has 0 saturated carbocycles. The van der Waals surface area contributed by atoms with E-state index in [0.717, 1.165) is 23.7 Å². The van der Waals surface area contributed by atoms with Gasteiger partial charge in [-0.1, -0.05) is 0 Å². The first-order chi connectivity index (χ1) is 8.54. The van der Waals surface area contributed by atoms with Gasteiger partial charge in [0.05, 0.1) is 14.2 Å². The van der Waals surface area contributed by atoms with Gasteiger partial charge in [0.2, 0.25) is 0 Å². The van der Waals surface area contributed by atoms with E-state index in [-0.39, 0.29) is 0 Å². The summed E-state index contributed by atoms with van der Waals surface area (Å²) in [6, 6.07) is 4.45. The van der Waals surface area contributed by atoms with Crippen LogP contribution >= 0.6 is 12.6 Å². The molecule has 18 heavy (non-hydrogen) atoms. The van der Waals surface area contributed by atoms with Crippen molar-refractivity contribution in [2.24, 2.45) is 0 Å². The molecule has 0 radical (unpaired) electrons. The summed E-state index contributed by atoms with van der Waals surface area (Å²) in [5, 5.41) is 0. The molecule has 102 valence electrons. The van der Waals surface area contributed by atoms with Crippen LogP contribution in [0.25, 0.3) is 0 Å². The zero-order valence-corrected chi connectivity index (χ0v) is 12.8. The van der Waals surface area contributed by atoms with Crippen molar-refractivity contribution in [3.05, 3.63) is 23.3 Å². The highest BCUT2D eigenvalue weighted by molar-refractivity contribution is 7.80. The molecule has 0 heterocycles. The zero-order valence-electron chi connectivity index (χ0n) is 11.9. The molecule has 1 unspecified atom stereocenters. The first kappa shape index (κ1) is 15.2. The summed E-state index contributed by atoms with van der Waals surface area (Å²) in [6.07, 6.45) is 1.01. The zero-order chi connectivity index (χ0) is 13.7. The van der Waals surface area contributed by atoms with Gasteiger partial charge in [0.25, 0.3) is 0 Å². The van der Waals surface area contributed by atoms with Gasteiger partial charge in [-0.25, -0.2) is 0 Å². The first-order valence-corrected chi connectivity index (χ1v) is 6.68. The lowest BCUT2D eigenvalue weighted by atomic mass is 9.97. The highest BCUT2D eigenvalue weighted by Gasteiger charge is 2.18. The lowest BCUT2D eigenvalue weighted by Crippen LogP contribution is -2.21. The topological polar surface area (TPSA) is 21.7 Å². The van der Waals surface area contributed by atoms with Crippen LogP contribution in [0.15, 0.2) is 12.1 Å². The van der Waals surface area contributed by atoms with E-state index < -0.39 is 0 Å². The van der Waals surface area contributed by atoms with Crippen LogP contribution in [-0.4, -0.2) is 39.0 Å². The molecular weight excluding hydrogens is 246 g/mol. The van der Waals surface area contributed by atoms with Gasteiger partial charge in [-0.3, -0.25) is 0 Å². The summed E-state index contributed by atoms with van der Waals surface area (Å²) in [6.45, 7) is 2.10.